The molecule has 0 bridgehead atoms. The van der Waals surface area contributed by atoms with Crippen molar-refractivity contribution in [3.8, 4) is 0 Å². The number of aryl methyl sites for hydroxylation is 1. The number of rotatable bonds is 3. The van der Waals surface area contributed by atoms with Crippen molar-refractivity contribution in [3.63, 3.8) is 0 Å². The van der Waals surface area contributed by atoms with E-state index in [4.69, 9.17) is 0 Å². The predicted molar refractivity (Wildman–Crippen MR) is 71.4 cm³/mol. The van der Waals surface area contributed by atoms with Crippen LogP contribution in [0.3, 0.4) is 0 Å². The van der Waals surface area contributed by atoms with Crippen molar-refractivity contribution in [3.05, 3.63) is 37.2 Å². The number of H-pyrrole nitrogens is 1. The molecule has 90 valence electrons. The molecule has 0 radical (unpaired) electrons. The summed E-state index contributed by atoms with van der Waals surface area (Å²) >= 11 is 4.78. The van der Waals surface area contributed by atoms with E-state index in [9.17, 15) is 4.79 Å². The molecule has 1 unspecified atom stereocenters. The van der Waals surface area contributed by atoms with Gasteiger partial charge in [0.2, 0.25) is 0 Å². The normalized spacial score (nSPS) is 12.4. The third kappa shape index (κ3) is 2.73. The third-order valence-electron chi connectivity index (χ3n) is 2.16. The molecule has 5 nitrogen and oxygen atoms in total. The Morgan fingerprint density at radius 1 is 1.59 bits per heavy atom. The smallest absolute Gasteiger partial charge is 0.267 e. The molecule has 7 heteroatoms. The van der Waals surface area contributed by atoms with E-state index >= 15 is 0 Å². The summed E-state index contributed by atoms with van der Waals surface area (Å²) in [7, 11) is 0. The van der Waals surface area contributed by atoms with Crippen molar-refractivity contribution in [1.29, 1.82) is 0 Å². The Morgan fingerprint density at radius 2 is 2.35 bits per heavy atom. The number of aromatic nitrogens is 3. The van der Waals surface area contributed by atoms with E-state index in [2.05, 4.69) is 36.2 Å². The largest absolute Gasteiger partial charge is 0.360 e. The molecule has 0 saturated heterocycles. The van der Waals surface area contributed by atoms with E-state index < -0.39 is 0 Å². The molecule has 0 fully saturated rings. The Morgan fingerprint density at radius 3 is 3.00 bits per heavy atom. The molecule has 1 atom stereocenters. The summed E-state index contributed by atoms with van der Waals surface area (Å²) in [6.07, 6.45) is 1.37. The van der Waals surface area contributed by atoms with Gasteiger partial charge in [0.25, 0.3) is 5.56 Å². The van der Waals surface area contributed by atoms with E-state index in [-0.39, 0.29) is 11.6 Å². The van der Waals surface area contributed by atoms with Gasteiger partial charge in [-0.05, 0) is 29.8 Å². The quantitative estimate of drug-likeness (QED) is 0.913. The summed E-state index contributed by atoms with van der Waals surface area (Å²) in [6.45, 7) is 3.93. The minimum atomic E-state index is -0.204. The minimum absolute atomic E-state index is 0.0132. The van der Waals surface area contributed by atoms with E-state index in [1.165, 1.54) is 6.33 Å². The summed E-state index contributed by atoms with van der Waals surface area (Å²) < 4.78 is 0.403. The lowest BCUT2D eigenvalue weighted by molar-refractivity contribution is 0.849. The highest BCUT2D eigenvalue weighted by Crippen LogP contribution is 2.23. The first-order chi connectivity index (χ1) is 8.08. The zero-order valence-corrected chi connectivity index (χ0v) is 11.7. The first kappa shape index (κ1) is 12.3. The summed E-state index contributed by atoms with van der Waals surface area (Å²) in [5.74, 6) is 0.522. The van der Waals surface area contributed by atoms with Gasteiger partial charge < -0.3 is 10.3 Å². The number of aromatic amines is 1. The Balaban J connectivity index is 2.21. The summed E-state index contributed by atoms with van der Waals surface area (Å²) in [5, 5.41) is 6.11. The van der Waals surface area contributed by atoms with Crippen molar-refractivity contribution in [1.82, 2.24) is 15.0 Å². The highest BCUT2D eigenvalue weighted by molar-refractivity contribution is 9.10. The van der Waals surface area contributed by atoms with Crippen LogP contribution >= 0.6 is 27.3 Å². The van der Waals surface area contributed by atoms with E-state index in [1.54, 1.807) is 11.3 Å². The molecule has 0 saturated carbocycles. The second-order valence-electron chi connectivity index (χ2n) is 3.59. The van der Waals surface area contributed by atoms with Gasteiger partial charge >= 0.3 is 0 Å². The molecular weight excluding hydrogens is 304 g/mol. The standard InChI is InChI=1S/C10H11BrN4OS/c1-5-3-17-10(14-5)6(2)15-8-7(11)9(16)13-4-12-8/h3-4,6H,1-2H3,(H2,12,13,15,16). The van der Waals surface area contributed by atoms with Gasteiger partial charge in [-0.2, -0.15) is 0 Å². The summed E-state index contributed by atoms with van der Waals surface area (Å²) in [6, 6.07) is 0.0132. The fourth-order valence-corrected chi connectivity index (χ4v) is 2.46. The number of nitrogens with one attached hydrogen (secondary N) is 2. The van der Waals surface area contributed by atoms with Crippen molar-refractivity contribution in [2.45, 2.75) is 19.9 Å². The SMILES string of the molecule is Cc1csc(C(C)Nc2nc[nH]c(=O)c2Br)n1. The number of thiazole rings is 1. The van der Waals surface area contributed by atoms with Gasteiger partial charge in [-0.1, -0.05) is 0 Å². The molecule has 2 aromatic heterocycles. The fraction of sp³-hybridized carbons (Fsp3) is 0.300. The highest BCUT2D eigenvalue weighted by Gasteiger charge is 2.12. The average molecular weight is 315 g/mol. The first-order valence-electron chi connectivity index (χ1n) is 4.99. The lowest BCUT2D eigenvalue weighted by Crippen LogP contribution is -2.14. The average Bonchev–Trinajstić information content (AvgIpc) is 2.72. The van der Waals surface area contributed by atoms with Crippen LogP contribution in [0.2, 0.25) is 0 Å². The van der Waals surface area contributed by atoms with Crippen LogP contribution in [0.15, 0.2) is 21.0 Å². The van der Waals surface area contributed by atoms with Crippen LogP contribution in [-0.4, -0.2) is 15.0 Å². The second kappa shape index (κ2) is 4.97. The van der Waals surface area contributed by atoms with Crippen molar-refractivity contribution >= 4 is 33.1 Å². The molecule has 0 spiro atoms. The van der Waals surface area contributed by atoms with Gasteiger partial charge in [0.15, 0.2) is 0 Å². The molecule has 2 heterocycles. The second-order valence-corrected chi connectivity index (χ2v) is 5.27. The molecule has 0 amide bonds. The number of halogens is 1. The number of anilines is 1. The summed E-state index contributed by atoms with van der Waals surface area (Å²) in [5.41, 5.74) is 0.793. The number of hydrogen-bond acceptors (Lipinski definition) is 5. The summed E-state index contributed by atoms with van der Waals surface area (Å²) in [4.78, 5) is 22.3. The molecule has 17 heavy (non-hydrogen) atoms. The van der Waals surface area contributed by atoms with E-state index in [0.29, 0.717) is 10.3 Å². The maximum atomic E-state index is 11.4. The van der Waals surface area contributed by atoms with Gasteiger partial charge in [0, 0.05) is 11.1 Å². The predicted octanol–water partition coefficient (Wildman–Crippen LogP) is 2.47. The van der Waals surface area contributed by atoms with Crippen LogP contribution in [-0.2, 0) is 0 Å². The molecule has 0 aliphatic rings. The van der Waals surface area contributed by atoms with Crippen LogP contribution in [0, 0.1) is 6.92 Å². The van der Waals surface area contributed by atoms with Crippen LogP contribution in [0.5, 0.6) is 0 Å². The maximum Gasteiger partial charge on any atom is 0.267 e. The zero-order chi connectivity index (χ0) is 12.4. The van der Waals surface area contributed by atoms with Crippen LogP contribution in [0.4, 0.5) is 5.82 Å². The van der Waals surface area contributed by atoms with Gasteiger partial charge in [-0.15, -0.1) is 11.3 Å². The first-order valence-corrected chi connectivity index (χ1v) is 6.67. The van der Waals surface area contributed by atoms with E-state index in [0.717, 1.165) is 10.7 Å². The zero-order valence-electron chi connectivity index (χ0n) is 9.32. The Kier molecular flexibility index (Phi) is 3.58. The molecule has 0 aromatic carbocycles. The van der Waals surface area contributed by atoms with Gasteiger partial charge in [-0.3, -0.25) is 4.79 Å². The third-order valence-corrected chi connectivity index (χ3v) is 4.04. The molecule has 2 rings (SSSR count). The Hall–Kier alpha value is -1.21. The molecule has 2 aromatic rings. The lowest BCUT2D eigenvalue weighted by Gasteiger charge is -2.12. The minimum Gasteiger partial charge on any atom is -0.360 e. The Bertz CT molecular complexity index is 580. The van der Waals surface area contributed by atoms with Gasteiger partial charge in [0.1, 0.15) is 15.3 Å². The maximum absolute atomic E-state index is 11.4. The van der Waals surface area contributed by atoms with Crippen LogP contribution in [0.25, 0.3) is 0 Å². The number of hydrogen-bond donors (Lipinski definition) is 2. The molecule has 0 aliphatic carbocycles. The van der Waals surface area contributed by atoms with Crippen LogP contribution in [0.1, 0.15) is 23.7 Å². The van der Waals surface area contributed by atoms with Crippen molar-refractivity contribution < 1.29 is 0 Å². The highest BCUT2D eigenvalue weighted by atomic mass is 79.9. The fourth-order valence-electron chi connectivity index (χ4n) is 1.32. The lowest BCUT2D eigenvalue weighted by atomic mass is 10.3. The topological polar surface area (TPSA) is 70.7 Å². The van der Waals surface area contributed by atoms with Crippen LogP contribution < -0.4 is 10.9 Å². The van der Waals surface area contributed by atoms with E-state index in [1.807, 2.05) is 19.2 Å². The Labute approximate surface area is 110 Å². The molecular formula is C10H11BrN4OS. The molecule has 2 N–H and O–H groups in total. The molecule has 0 aliphatic heterocycles. The van der Waals surface area contributed by atoms with Crippen molar-refractivity contribution in [2.24, 2.45) is 0 Å². The van der Waals surface area contributed by atoms with Gasteiger partial charge in [-0.25, -0.2) is 9.97 Å². The monoisotopic (exact) mass is 314 g/mol. The van der Waals surface area contributed by atoms with Crippen molar-refractivity contribution in [2.75, 3.05) is 5.32 Å². The number of nitrogens with zero attached hydrogens (tertiary/aromatic N) is 2. The van der Waals surface area contributed by atoms with Gasteiger partial charge in [0.05, 0.1) is 12.4 Å².